The average Bonchev–Trinajstić information content (AvgIpc) is 3.18. The summed E-state index contributed by atoms with van der Waals surface area (Å²) in [5, 5.41) is 3.23. The quantitative estimate of drug-likeness (QED) is 0.734. The summed E-state index contributed by atoms with van der Waals surface area (Å²) >= 11 is 0. The summed E-state index contributed by atoms with van der Waals surface area (Å²) in [5.74, 6) is 0.929. The number of hydrogen-bond donors (Lipinski definition) is 1. The molecule has 1 aromatic carbocycles. The monoisotopic (exact) mass is 346 g/mol. The number of carbonyl (C=O) groups is 1. The highest BCUT2D eigenvalue weighted by Gasteiger charge is 2.47. The number of likely N-dealkylation sites (tertiary alicyclic amines) is 1. The number of nitrogens with one attached hydrogen (secondary N) is 1. The van der Waals surface area contributed by atoms with E-state index in [1.807, 2.05) is 0 Å². The Balaban J connectivity index is 1.68. The summed E-state index contributed by atoms with van der Waals surface area (Å²) in [4.78, 5) is 14.9. The predicted octanol–water partition coefficient (Wildman–Crippen LogP) is 2.33. The van der Waals surface area contributed by atoms with Gasteiger partial charge in [0, 0.05) is 38.1 Å². The van der Waals surface area contributed by atoms with E-state index in [1.54, 1.807) is 7.11 Å². The maximum atomic E-state index is 12.3. The van der Waals surface area contributed by atoms with Gasteiger partial charge in [0.1, 0.15) is 6.61 Å². The summed E-state index contributed by atoms with van der Waals surface area (Å²) in [7, 11) is 1.63. The van der Waals surface area contributed by atoms with Crippen LogP contribution in [-0.2, 0) is 14.3 Å². The molecule has 4 atom stereocenters. The molecule has 1 saturated heterocycles. The van der Waals surface area contributed by atoms with Gasteiger partial charge in [-0.25, -0.2) is 0 Å². The first-order chi connectivity index (χ1) is 12.2. The molecule has 0 aromatic heterocycles. The van der Waals surface area contributed by atoms with Crippen molar-refractivity contribution in [2.24, 2.45) is 5.92 Å². The maximum absolute atomic E-state index is 12.3. The fourth-order valence-corrected chi connectivity index (χ4v) is 4.21. The third-order valence-corrected chi connectivity index (χ3v) is 5.75. The first-order valence-electron chi connectivity index (χ1n) is 9.34. The fourth-order valence-electron chi connectivity index (χ4n) is 4.21. The zero-order valence-corrected chi connectivity index (χ0v) is 15.5. The lowest BCUT2D eigenvalue weighted by molar-refractivity contribution is -0.127. The zero-order chi connectivity index (χ0) is 17.8. The van der Waals surface area contributed by atoms with Gasteiger partial charge in [0.2, 0.25) is 5.91 Å². The Kier molecular flexibility index (Phi) is 6.10. The topological polar surface area (TPSA) is 50.8 Å². The van der Waals surface area contributed by atoms with E-state index < -0.39 is 0 Å². The molecule has 1 heterocycles. The largest absolute Gasteiger partial charge is 0.382 e. The van der Waals surface area contributed by atoms with Crippen LogP contribution >= 0.6 is 0 Å². The van der Waals surface area contributed by atoms with Crippen molar-refractivity contribution in [3.63, 3.8) is 0 Å². The molecule has 1 N–H and O–H groups in total. The lowest BCUT2D eigenvalue weighted by Crippen LogP contribution is -2.37. The Morgan fingerprint density at radius 1 is 1.28 bits per heavy atom. The Bertz CT molecular complexity index is 592. The van der Waals surface area contributed by atoms with Gasteiger partial charge < -0.3 is 14.8 Å². The van der Waals surface area contributed by atoms with Gasteiger partial charge in [-0.15, -0.1) is 0 Å². The Hall–Kier alpha value is -1.43. The van der Waals surface area contributed by atoms with Gasteiger partial charge in [0.25, 0.3) is 0 Å². The van der Waals surface area contributed by atoms with Crippen molar-refractivity contribution >= 4 is 5.91 Å². The molecule has 3 rings (SSSR count). The number of rotatable bonds is 8. The second-order valence-corrected chi connectivity index (χ2v) is 7.20. The van der Waals surface area contributed by atoms with Crippen molar-refractivity contribution in [3.05, 3.63) is 35.4 Å². The molecule has 1 aliphatic heterocycles. The molecular formula is C20H30N2O3. The molecule has 25 heavy (non-hydrogen) atoms. The third kappa shape index (κ3) is 3.89. The molecule has 0 saturated carbocycles. The van der Waals surface area contributed by atoms with Gasteiger partial charge in [-0.3, -0.25) is 9.69 Å². The number of methoxy groups -OCH3 is 1. The van der Waals surface area contributed by atoms with Crippen LogP contribution in [-0.4, -0.2) is 56.9 Å². The van der Waals surface area contributed by atoms with Crippen LogP contribution in [0.4, 0.5) is 0 Å². The van der Waals surface area contributed by atoms with E-state index in [1.165, 1.54) is 11.1 Å². The van der Waals surface area contributed by atoms with E-state index in [4.69, 9.17) is 9.47 Å². The summed E-state index contributed by atoms with van der Waals surface area (Å²) in [6.07, 6.45) is 1.16. The second kappa shape index (κ2) is 8.30. The average molecular weight is 346 g/mol. The summed E-state index contributed by atoms with van der Waals surface area (Å²) < 4.78 is 10.3. The minimum absolute atomic E-state index is 0.0430. The SMILES string of the molecule is CCC(C)N1C[C@@H]2[C@H](NC(=O)COCCOC)c3ccccc3[C@@H]2C1. The minimum Gasteiger partial charge on any atom is -0.382 e. The number of hydrogen-bond acceptors (Lipinski definition) is 4. The summed E-state index contributed by atoms with van der Waals surface area (Å²) in [6.45, 7) is 7.71. The molecule has 0 bridgehead atoms. The van der Waals surface area contributed by atoms with Gasteiger partial charge in [-0.2, -0.15) is 0 Å². The van der Waals surface area contributed by atoms with Crippen LogP contribution in [0.5, 0.6) is 0 Å². The van der Waals surface area contributed by atoms with Gasteiger partial charge in [0.05, 0.1) is 19.3 Å². The van der Waals surface area contributed by atoms with Crippen LogP contribution in [0.25, 0.3) is 0 Å². The van der Waals surface area contributed by atoms with E-state index in [0.717, 1.165) is 19.5 Å². The van der Waals surface area contributed by atoms with Crippen molar-refractivity contribution in [2.45, 2.75) is 38.3 Å². The minimum atomic E-state index is -0.0430. The molecule has 5 nitrogen and oxygen atoms in total. The molecule has 0 spiro atoms. The number of carbonyl (C=O) groups excluding carboxylic acids is 1. The highest BCUT2D eigenvalue weighted by molar-refractivity contribution is 5.78. The van der Waals surface area contributed by atoms with Gasteiger partial charge in [-0.05, 0) is 24.5 Å². The molecule has 5 heteroatoms. The van der Waals surface area contributed by atoms with Crippen LogP contribution in [0.2, 0.25) is 0 Å². The standard InChI is InChI=1S/C20H30N2O3/c1-4-14(2)22-11-17-15-7-5-6-8-16(15)20(18(17)12-22)21-19(23)13-25-10-9-24-3/h5-8,14,17-18,20H,4,9-13H2,1-3H3,(H,21,23)/t14?,17-,18-,20+/m0/s1. The molecule has 1 fully saturated rings. The normalized spacial score (nSPS) is 26.3. The molecule has 1 amide bonds. The van der Waals surface area contributed by atoms with Crippen molar-refractivity contribution in [2.75, 3.05) is 40.0 Å². The first kappa shape index (κ1) is 18.4. The van der Waals surface area contributed by atoms with E-state index in [0.29, 0.717) is 31.1 Å². The smallest absolute Gasteiger partial charge is 0.246 e. The number of amides is 1. The zero-order valence-electron chi connectivity index (χ0n) is 15.5. The molecule has 1 unspecified atom stereocenters. The van der Waals surface area contributed by atoms with Crippen molar-refractivity contribution < 1.29 is 14.3 Å². The molecular weight excluding hydrogens is 316 g/mol. The number of benzene rings is 1. The highest BCUT2D eigenvalue weighted by atomic mass is 16.5. The van der Waals surface area contributed by atoms with Crippen LogP contribution in [0.1, 0.15) is 43.4 Å². The first-order valence-corrected chi connectivity index (χ1v) is 9.34. The molecule has 1 aliphatic carbocycles. The Labute approximate surface area is 150 Å². The number of nitrogens with zero attached hydrogens (tertiary/aromatic N) is 1. The van der Waals surface area contributed by atoms with E-state index in [9.17, 15) is 4.79 Å². The van der Waals surface area contributed by atoms with Gasteiger partial charge >= 0.3 is 0 Å². The Morgan fingerprint density at radius 3 is 2.76 bits per heavy atom. The fraction of sp³-hybridized carbons (Fsp3) is 0.650. The molecule has 0 radical (unpaired) electrons. The van der Waals surface area contributed by atoms with Crippen molar-refractivity contribution in [3.8, 4) is 0 Å². The predicted molar refractivity (Wildman–Crippen MR) is 97.6 cm³/mol. The number of ether oxygens (including phenoxy) is 2. The molecule has 2 aliphatic rings. The van der Waals surface area contributed by atoms with E-state index in [-0.39, 0.29) is 18.6 Å². The highest BCUT2D eigenvalue weighted by Crippen LogP contribution is 2.49. The second-order valence-electron chi connectivity index (χ2n) is 7.20. The lowest BCUT2D eigenvalue weighted by atomic mass is 9.94. The van der Waals surface area contributed by atoms with Crippen LogP contribution < -0.4 is 5.32 Å². The van der Waals surface area contributed by atoms with Crippen LogP contribution in [0.3, 0.4) is 0 Å². The molecule has 138 valence electrons. The van der Waals surface area contributed by atoms with Crippen molar-refractivity contribution in [1.29, 1.82) is 0 Å². The molecule has 1 aromatic rings. The lowest BCUT2D eigenvalue weighted by Gasteiger charge is -2.26. The maximum Gasteiger partial charge on any atom is 0.246 e. The van der Waals surface area contributed by atoms with Gasteiger partial charge in [0.15, 0.2) is 0 Å². The third-order valence-electron chi connectivity index (χ3n) is 5.75. The number of fused-ring (bicyclic) bond motifs is 3. The van der Waals surface area contributed by atoms with Crippen LogP contribution in [0, 0.1) is 5.92 Å². The van der Waals surface area contributed by atoms with E-state index >= 15 is 0 Å². The Morgan fingerprint density at radius 2 is 2.04 bits per heavy atom. The van der Waals surface area contributed by atoms with E-state index in [2.05, 4.69) is 48.3 Å². The van der Waals surface area contributed by atoms with Gasteiger partial charge in [-0.1, -0.05) is 31.2 Å². The summed E-state index contributed by atoms with van der Waals surface area (Å²) in [5.41, 5.74) is 2.69. The van der Waals surface area contributed by atoms with Crippen LogP contribution in [0.15, 0.2) is 24.3 Å². The summed E-state index contributed by atoms with van der Waals surface area (Å²) in [6, 6.07) is 9.26. The van der Waals surface area contributed by atoms with Crippen molar-refractivity contribution in [1.82, 2.24) is 10.2 Å².